The zero-order chi connectivity index (χ0) is 26.7. The standard InChI is InChI=1S/C32H60O4/c1-3-5-7-9-11-13-15-17-19-21-23-25-27-29(31(33)34)30(32(35)36)28-26-24-22-20-18-16-14-12-10-8-6-4-2/h3-28H2,1-2H3,(H,33,34)(H,35,36)/b30-29+. The fourth-order valence-electron chi connectivity index (χ4n) is 5.06. The van der Waals surface area contributed by atoms with Gasteiger partial charge in [-0.2, -0.15) is 0 Å². The molecule has 0 radical (unpaired) electrons. The van der Waals surface area contributed by atoms with Crippen molar-refractivity contribution in [2.75, 3.05) is 0 Å². The molecule has 0 atom stereocenters. The predicted octanol–water partition coefficient (Wildman–Crippen LogP) is 10.6. The lowest BCUT2D eigenvalue weighted by atomic mass is 9.96. The van der Waals surface area contributed by atoms with Crippen molar-refractivity contribution in [2.45, 2.75) is 181 Å². The van der Waals surface area contributed by atoms with Gasteiger partial charge in [0, 0.05) is 11.1 Å². The molecule has 0 amide bonds. The second-order valence-electron chi connectivity index (χ2n) is 10.8. The Labute approximate surface area is 223 Å². The largest absolute Gasteiger partial charge is 0.478 e. The summed E-state index contributed by atoms with van der Waals surface area (Å²) in [5, 5.41) is 19.3. The maximum absolute atomic E-state index is 11.8. The Morgan fingerprint density at radius 1 is 0.361 bits per heavy atom. The van der Waals surface area contributed by atoms with E-state index in [0.29, 0.717) is 12.8 Å². The van der Waals surface area contributed by atoms with Crippen molar-refractivity contribution in [3.8, 4) is 0 Å². The molecule has 0 bridgehead atoms. The van der Waals surface area contributed by atoms with Gasteiger partial charge in [-0.1, -0.05) is 155 Å². The summed E-state index contributed by atoms with van der Waals surface area (Å²) in [6.07, 6.45) is 30.2. The van der Waals surface area contributed by atoms with E-state index in [4.69, 9.17) is 0 Å². The molecule has 212 valence electrons. The summed E-state index contributed by atoms with van der Waals surface area (Å²) in [5.74, 6) is -2.09. The third-order valence-corrected chi connectivity index (χ3v) is 7.44. The van der Waals surface area contributed by atoms with Crippen molar-refractivity contribution in [2.24, 2.45) is 0 Å². The van der Waals surface area contributed by atoms with E-state index in [0.717, 1.165) is 38.5 Å². The van der Waals surface area contributed by atoms with Crippen LogP contribution in [-0.2, 0) is 9.59 Å². The van der Waals surface area contributed by atoms with E-state index in [-0.39, 0.29) is 11.1 Å². The molecule has 2 N–H and O–H groups in total. The maximum Gasteiger partial charge on any atom is 0.332 e. The third-order valence-electron chi connectivity index (χ3n) is 7.44. The van der Waals surface area contributed by atoms with E-state index in [9.17, 15) is 19.8 Å². The Balaban J connectivity index is 4.00. The highest BCUT2D eigenvalue weighted by atomic mass is 16.4. The topological polar surface area (TPSA) is 74.6 Å². The molecule has 0 aliphatic heterocycles. The van der Waals surface area contributed by atoms with E-state index in [2.05, 4.69) is 13.8 Å². The van der Waals surface area contributed by atoms with Gasteiger partial charge in [0.25, 0.3) is 0 Å². The maximum atomic E-state index is 11.8. The first-order valence-electron chi connectivity index (χ1n) is 15.7. The normalized spacial score (nSPS) is 12.1. The Bertz CT molecular complexity index is 504. The highest BCUT2D eigenvalue weighted by molar-refractivity contribution is 5.98. The van der Waals surface area contributed by atoms with Gasteiger partial charge in [0.1, 0.15) is 0 Å². The molecule has 0 rings (SSSR count). The summed E-state index contributed by atoms with van der Waals surface area (Å²) < 4.78 is 0. The molecular weight excluding hydrogens is 448 g/mol. The van der Waals surface area contributed by atoms with Gasteiger partial charge in [-0.05, 0) is 25.7 Å². The molecule has 4 nitrogen and oxygen atoms in total. The highest BCUT2D eigenvalue weighted by Crippen LogP contribution is 2.21. The van der Waals surface area contributed by atoms with Crippen LogP contribution in [-0.4, -0.2) is 22.2 Å². The van der Waals surface area contributed by atoms with Crippen LogP contribution < -0.4 is 0 Å². The number of carboxylic acids is 2. The van der Waals surface area contributed by atoms with E-state index in [1.807, 2.05) is 0 Å². The van der Waals surface area contributed by atoms with Gasteiger partial charge in [0.05, 0.1) is 0 Å². The van der Waals surface area contributed by atoms with Crippen molar-refractivity contribution in [1.82, 2.24) is 0 Å². The quantitative estimate of drug-likeness (QED) is 0.0814. The molecule has 0 aliphatic carbocycles. The first kappa shape index (κ1) is 34.7. The van der Waals surface area contributed by atoms with Crippen LogP contribution in [0.25, 0.3) is 0 Å². The molecule has 0 fully saturated rings. The number of hydrogen-bond acceptors (Lipinski definition) is 2. The second-order valence-corrected chi connectivity index (χ2v) is 10.8. The number of rotatable bonds is 28. The first-order valence-corrected chi connectivity index (χ1v) is 15.7. The fraction of sp³-hybridized carbons (Fsp3) is 0.875. The number of carbonyl (C=O) groups is 2. The molecule has 0 unspecified atom stereocenters. The van der Waals surface area contributed by atoms with Crippen LogP contribution in [0.2, 0.25) is 0 Å². The molecule has 4 heteroatoms. The van der Waals surface area contributed by atoms with Gasteiger partial charge in [-0.3, -0.25) is 0 Å². The Kier molecular flexibility index (Phi) is 25.8. The molecule has 0 saturated heterocycles. The summed E-state index contributed by atoms with van der Waals surface area (Å²) in [4.78, 5) is 23.6. The molecule has 0 aliphatic rings. The summed E-state index contributed by atoms with van der Waals surface area (Å²) in [7, 11) is 0. The van der Waals surface area contributed by atoms with Crippen LogP contribution in [0.4, 0.5) is 0 Å². The molecule has 0 aromatic rings. The molecule has 36 heavy (non-hydrogen) atoms. The summed E-state index contributed by atoms with van der Waals surface area (Å²) in [6, 6.07) is 0. The van der Waals surface area contributed by atoms with E-state index >= 15 is 0 Å². The van der Waals surface area contributed by atoms with Crippen LogP contribution in [0.1, 0.15) is 181 Å². The van der Waals surface area contributed by atoms with Crippen LogP contribution in [0.5, 0.6) is 0 Å². The highest BCUT2D eigenvalue weighted by Gasteiger charge is 2.19. The predicted molar refractivity (Wildman–Crippen MR) is 154 cm³/mol. The number of carboxylic acid groups (broad SMARTS) is 2. The van der Waals surface area contributed by atoms with Crippen LogP contribution in [0, 0.1) is 0 Å². The van der Waals surface area contributed by atoms with Gasteiger partial charge in [0.15, 0.2) is 0 Å². The molecule has 0 heterocycles. The lowest BCUT2D eigenvalue weighted by molar-refractivity contribution is -0.136. The van der Waals surface area contributed by atoms with Crippen molar-refractivity contribution in [3.05, 3.63) is 11.1 Å². The van der Waals surface area contributed by atoms with E-state index in [1.54, 1.807) is 0 Å². The lowest BCUT2D eigenvalue weighted by Gasteiger charge is -2.10. The van der Waals surface area contributed by atoms with Crippen LogP contribution in [0.15, 0.2) is 11.1 Å². The minimum atomic E-state index is -1.05. The summed E-state index contributed by atoms with van der Waals surface area (Å²) in [5.41, 5.74) is 0.273. The van der Waals surface area contributed by atoms with E-state index < -0.39 is 11.9 Å². The summed E-state index contributed by atoms with van der Waals surface area (Å²) in [6.45, 7) is 4.50. The van der Waals surface area contributed by atoms with Crippen molar-refractivity contribution < 1.29 is 19.8 Å². The molecule has 0 spiro atoms. The third kappa shape index (κ3) is 21.9. The monoisotopic (exact) mass is 508 g/mol. The average Bonchev–Trinajstić information content (AvgIpc) is 2.85. The second kappa shape index (κ2) is 26.7. The Morgan fingerprint density at radius 2 is 0.556 bits per heavy atom. The smallest absolute Gasteiger partial charge is 0.332 e. The molecule has 0 saturated carbocycles. The van der Waals surface area contributed by atoms with Crippen molar-refractivity contribution >= 4 is 11.9 Å². The Morgan fingerprint density at radius 3 is 0.750 bits per heavy atom. The first-order chi connectivity index (χ1) is 17.5. The number of aliphatic carboxylic acids is 2. The summed E-state index contributed by atoms with van der Waals surface area (Å²) >= 11 is 0. The lowest BCUT2D eigenvalue weighted by Crippen LogP contribution is -2.12. The molecule has 0 aromatic heterocycles. The van der Waals surface area contributed by atoms with Crippen LogP contribution in [0.3, 0.4) is 0 Å². The minimum absolute atomic E-state index is 0.137. The average molecular weight is 509 g/mol. The number of hydrogen-bond donors (Lipinski definition) is 2. The number of unbranched alkanes of at least 4 members (excludes halogenated alkanes) is 22. The Hall–Kier alpha value is -1.32. The molecular formula is C32H60O4. The van der Waals surface area contributed by atoms with E-state index in [1.165, 1.54) is 116 Å². The van der Waals surface area contributed by atoms with Crippen molar-refractivity contribution in [1.29, 1.82) is 0 Å². The SMILES string of the molecule is CCCCCCCCCCCCCC/C(C(=O)O)=C(/CCCCCCCCCCCCCC)C(=O)O. The van der Waals surface area contributed by atoms with Gasteiger partial charge in [-0.15, -0.1) is 0 Å². The zero-order valence-corrected chi connectivity index (χ0v) is 24.1. The fourth-order valence-corrected chi connectivity index (χ4v) is 5.06. The van der Waals surface area contributed by atoms with Gasteiger partial charge in [-0.25, -0.2) is 9.59 Å². The van der Waals surface area contributed by atoms with Gasteiger partial charge in [0.2, 0.25) is 0 Å². The van der Waals surface area contributed by atoms with Gasteiger partial charge < -0.3 is 10.2 Å². The van der Waals surface area contributed by atoms with Crippen molar-refractivity contribution in [3.63, 3.8) is 0 Å². The molecule has 0 aromatic carbocycles. The van der Waals surface area contributed by atoms with Gasteiger partial charge >= 0.3 is 11.9 Å². The minimum Gasteiger partial charge on any atom is -0.478 e. The van der Waals surface area contributed by atoms with Crippen LogP contribution >= 0.6 is 0 Å². The zero-order valence-electron chi connectivity index (χ0n) is 24.1.